The molecule has 0 unspecified atom stereocenters. The van der Waals surface area contributed by atoms with Gasteiger partial charge in [-0.15, -0.1) is 11.3 Å². The second-order valence-electron chi connectivity index (χ2n) is 5.41. The van der Waals surface area contributed by atoms with Crippen molar-refractivity contribution < 1.29 is 8.42 Å². The number of sulfonamides is 1. The van der Waals surface area contributed by atoms with Gasteiger partial charge >= 0.3 is 0 Å². The van der Waals surface area contributed by atoms with Crippen LogP contribution in [0.25, 0.3) is 0 Å². The van der Waals surface area contributed by atoms with Crippen LogP contribution in [0.15, 0.2) is 70.9 Å². The molecule has 124 valence electrons. The SMILES string of the molecule is Cc1ccc([C@@H](NS(=O)(=O)c2ccccc2Cl)c2cccs2)cc1. The lowest BCUT2D eigenvalue weighted by Gasteiger charge is -2.19. The van der Waals surface area contributed by atoms with Crippen LogP contribution in [0.4, 0.5) is 0 Å². The quantitative estimate of drug-likeness (QED) is 0.695. The summed E-state index contributed by atoms with van der Waals surface area (Å²) >= 11 is 7.58. The van der Waals surface area contributed by atoms with Crippen LogP contribution in [0.3, 0.4) is 0 Å². The summed E-state index contributed by atoms with van der Waals surface area (Å²) in [5.41, 5.74) is 2.01. The van der Waals surface area contributed by atoms with Gasteiger partial charge in [0.2, 0.25) is 10.0 Å². The summed E-state index contributed by atoms with van der Waals surface area (Å²) in [6.45, 7) is 2.00. The van der Waals surface area contributed by atoms with Crippen molar-refractivity contribution in [3.05, 3.63) is 87.1 Å². The lowest BCUT2D eigenvalue weighted by atomic mass is 10.0. The van der Waals surface area contributed by atoms with E-state index in [-0.39, 0.29) is 9.92 Å². The molecule has 0 fully saturated rings. The highest BCUT2D eigenvalue weighted by molar-refractivity contribution is 7.89. The van der Waals surface area contributed by atoms with Gasteiger partial charge in [-0.05, 0) is 36.1 Å². The minimum absolute atomic E-state index is 0.0836. The predicted octanol–water partition coefficient (Wildman–Crippen LogP) is 4.78. The zero-order chi connectivity index (χ0) is 17.2. The molecular formula is C18H16ClNO2S2. The average molecular weight is 378 g/mol. The maximum absolute atomic E-state index is 12.8. The van der Waals surface area contributed by atoms with Crippen molar-refractivity contribution in [2.75, 3.05) is 0 Å². The van der Waals surface area contributed by atoms with Gasteiger partial charge in [0.05, 0.1) is 11.1 Å². The molecule has 0 amide bonds. The fourth-order valence-electron chi connectivity index (χ4n) is 2.39. The van der Waals surface area contributed by atoms with E-state index in [0.29, 0.717) is 0 Å². The molecule has 3 nitrogen and oxygen atoms in total. The highest BCUT2D eigenvalue weighted by atomic mass is 35.5. The monoisotopic (exact) mass is 377 g/mol. The molecule has 0 aliphatic carbocycles. The largest absolute Gasteiger partial charge is 0.242 e. The van der Waals surface area contributed by atoms with E-state index in [1.807, 2.05) is 48.7 Å². The molecule has 0 spiro atoms. The van der Waals surface area contributed by atoms with E-state index >= 15 is 0 Å². The molecule has 0 radical (unpaired) electrons. The first-order valence-corrected chi connectivity index (χ1v) is 10.1. The average Bonchev–Trinajstić information content (AvgIpc) is 3.08. The van der Waals surface area contributed by atoms with Crippen molar-refractivity contribution in [1.29, 1.82) is 0 Å². The van der Waals surface area contributed by atoms with E-state index in [4.69, 9.17) is 11.6 Å². The number of rotatable bonds is 5. The highest BCUT2D eigenvalue weighted by Crippen LogP contribution is 2.29. The van der Waals surface area contributed by atoms with Crippen molar-refractivity contribution in [2.45, 2.75) is 17.9 Å². The minimum Gasteiger partial charge on any atom is -0.207 e. The maximum atomic E-state index is 12.8. The van der Waals surface area contributed by atoms with Gasteiger partial charge in [-0.25, -0.2) is 8.42 Å². The second-order valence-corrected chi connectivity index (χ2v) is 8.48. The molecular weight excluding hydrogens is 362 g/mol. The third-order valence-corrected chi connectivity index (χ3v) is 6.50. The van der Waals surface area contributed by atoms with E-state index in [9.17, 15) is 8.42 Å². The van der Waals surface area contributed by atoms with Gasteiger partial charge in [-0.2, -0.15) is 4.72 Å². The van der Waals surface area contributed by atoms with Crippen LogP contribution in [0.5, 0.6) is 0 Å². The summed E-state index contributed by atoms with van der Waals surface area (Å²) < 4.78 is 28.4. The first kappa shape index (κ1) is 17.2. The normalized spacial score (nSPS) is 12.9. The lowest BCUT2D eigenvalue weighted by Crippen LogP contribution is -2.29. The minimum atomic E-state index is -3.75. The molecule has 0 bridgehead atoms. The molecule has 2 aromatic carbocycles. The van der Waals surface area contributed by atoms with Crippen LogP contribution >= 0.6 is 22.9 Å². The molecule has 24 heavy (non-hydrogen) atoms. The number of hydrogen-bond acceptors (Lipinski definition) is 3. The van der Waals surface area contributed by atoms with E-state index in [2.05, 4.69) is 4.72 Å². The van der Waals surface area contributed by atoms with Gasteiger partial charge in [0.1, 0.15) is 4.90 Å². The topological polar surface area (TPSA) is 46.2 Å². The van der Waals surface area contributed by atoms with Crippen LogP contribution in [0.1, 0.15) is 22.0 Å². The molecule has 1 heterocycles. The Morgan fingerprint density at radius 3 is 2.33 bits per heavy atom. The molecule has 0 saturated heterocycles. The van der Waals surface area contributed by atoms with E-state index < -0.39 is 16.1 Å². The standard InChI is InChI=1S/C18H16ClNO2S2/c1-13-8-10-14(11-9-13)18(16-6-4-12-23-16)20-24(21,22)17-7-3-2-5-15(17)19/h2-12,18,20H,1H3/t18-/m1/s1. The van der Waals surface area contributed by atoms with E-state index in [0.717, 1.165) is 16.0 Å². The molecule has 1 aromatic heterocycles. The summed E-state index contributed by atoms with van der Waals surface area (Å²) in [5, 5.41) is 2.14. The van der Waals surface area contributed by atoms with Gasteiger partial charge in [-0.1, -0.05) is 59.6 Å². The summed E-state index contributed by atoms with van der Waals surface area (Å²) in [6, 6.07) is 17.6. The van der Waals surface area contributed by atoms with Gasteiger partial charge in [-0.3, -0.25) is 0 Å². The van der Waals surface area contributed by atoms with Crippen molar-refractivity contribution in [3.8, 4) is 0 Å². The Kier molecular flexibility index (Phi) is 5.06. The number of aryl methyl sites for hydroxylation is 1. The summed E-state index contributed by atoms with van der Waals surface area (Å²) in [4.78, 5) is 1.01. The van der Waals surface area contributed by atoms with Gasteiger partial charge in [0.15, 0.2) is 0 Å². The fourth-order valence-corrected chi connectivity index (χ4v) is 4.99. The van der Waals surface area contributed by atoms with E-state index in [1.54, 1.807) is 18.2 Å². The Morgan fingerprint density at radius 2 is 1.71 bits per heavy atom. The lowest BCUT2D eigenvalue weighted by molar-refractivity contribution is 0.573. The zero-order valence-electron chi connectivity index (χ0n) is 12.9. The van der Waals surface area contributed by atoms with Crippen LogP contribution in [0.2, 0.25) is 5.02 Å². The van der Waals surface area contributed by atoms with Gasteiger partial charge in [0, 0.05) is 4.88 Å². The molecule has 6 heteroatoms. The number of halogens is 1. The molecule has 0 aliphatic rings. The Hall–Kier alpha value is -1.66. The summed E-state index contributed by atoms with van der Waals surface area (Å²) in [7, 11) is -3.75. The van der Waals surface area contributed by atoms with Crippen molar-refractivity contribution in [3.63, 3.8) is 0 Å². The van der Waals surface area contributed by atoms with Crippen molar-refractivity contribution >= 4 is 33.0 Å². The van der Waals surface area contributed by atoms with Crippen LogP contribution in [0, 0.1) is 6.92 Å². The first-order chi connectivity index (χ1) is 11.5. The van der Waals surface area contributed by atoms with Crippen molar-refractivity contribution in [2.24, 2.45) is 0 Å². The molecule has 3 aromatic rings. The number of thiophene rings is 1. The smallest absolute Gasteiger partial charge is 0.207 e. The number of hydrogen-bond donors (Lipinski definition) is 1. The Balaban J connectivity index is 2.01. The third-order valence-electron chi connectivity index (χ3n) is 3.64. The summed E-state index contributed by atoms with van der Waals surface area (Å²) in [6.07, 6.45) is 0. The van der Waals surface area contributed by atoms with Gasteiger partial charge in [0.25, 0.3) is 0 Å². The van der Waals surface area contributed by atoms with Crippen LogP contribution < -0.4 is 4.72 Å². The maximum Gasteiger partial charge on any atom is 0.242 e. The molecule has 3 rings (SSSR count). The Morgan fingerprint density at radius 1 is 1.00 bits per heavy atom. The molecule has 0 aliphatic heterocycles. The highest BCUT2D eigenvalue weighted by Gasteiger charge is 2.25. The Labute approximate surface area is 151 Å². The molecule has 0 saturated carbocycles. The van der Waals surface area contributed by atoms with E-state index in [1.165, 1.54) is 17.4 Å². The third kappa shape index (κ3) is 3.70. The zero-order valence-corrected chi connectivity index (χ0v) is 15.3. The number of benzene rings is 2. The van der Waals surface area contributed by atoms with Crippen molar-refractivity contribution in [1.82, 2.24) is 4.72 Å². The Bertz CT molecular complexity index is 920. The van der Waals surface area contributed by atoms with Crippen LogP contribution in [-0.2, 0) is 10.0 Å². The molecule has 1 N–H and O–H groups in total. The number of nitrogens with one attached hydrogen (secondary N) is 1. The van der Waals surface area contributed by atoms with Crippen LogP contribution in [-0.4, -0.2) is 8.42 Å². The summed E-state index contributed by atoms with van der Waals surface area (Å²) in [5.74, 6) is 0. The molecule has 1 atom stereocenters. The van der Waals surface area contributed by atoms with Gasteiger partial charge < -0.3 is 0 Å². The second kappa shape index (κ2) is 7.07. The predicted molar refractivity (Wildman–Crippen MR) is 99.1 cm³/mol. The first-order valence-electron chi connectivity index (χ1n) is 7.34. The fraction of sp³-hybridized carbons (Fsp3) is 0.111.